The SMILES string of the molecule is Cc1cnc(N(CCCNC(=O)NO)C2CCCc3cccnc32)c(C)c1. The van der Waals surface area contributed by atoms with Crippen LogP contribution in [0.15, 0.2) is 30.6 Å². The standard InChI is InChI=1S/C20H27N5O2/c1-14-12-15(2)19(23-13-14)25(11-5-10-22-20(26)24-27)17-8-3-6-16-7-4-9-21-18(16)17/h4,7,9,12-13,17,27H,3,5-6,8,10-11H2,1-2H3,(H2,22,24,26). The fourth-order valence-electron chi connectivity index (χ4n) is 3.80. The monoisotopic (exact) mass is 369 g/mol. The van der Waals surface area contributed by atoms with Gasteiger partial charge in [0.15, 0.2) is 0 Å². The summed E-state index contributed by atoms with van der Waals surface area (Å²) in [6.07, 6.45) is 7.71. The molecule has 7 heteroatoms. The van der Waals surface area contributed by atoms with Crippen LogP contribution >= 0.6 is 0 Å². The van der Waals surface area contributed by atoms with Gasteiger partial charge in [0.1, 0.15) is 5.82 Å². The molecular weight excluding hydrogens is 342 g/mol. The first-order valence-corrected chi connectivity index (χ1v) is 9.41. The zero-order valence-corrected chi connectivity index (χ0v) is 15.9. The van der Waals surface area contributed by atoms with Gasteiger partial charge in [-0.3, -0.25) is 10.2 Å². The van der Waals surface area contributed by atoms with E-state index in [-0.39, 0.29) is 6.04 Å². The van der Waals surface area contributed by atoms with E-state index in [1.54, 1.807) is 5.48 Å². The highest BCUT2D eigenvalue weighted by molar-refractivity contribution is 5.72. The van der Waals surface area contributed by atoms with E-state index in [1.807, 2.05) is 25.4 Å². The Labute approximate surface area is 159 Å². The van der Waals surface area contributed by atoms with E-state index in [0.29, 0.717) is 6.54 Å². The van der Waals surface area contributed by atoms with Gasteiger partial charge in [0, 0.05) is 25.5 Å². The summed E-state index contributed by atoms with van der Waals surface area (Å²) in [5, 5.41) is 11.2. The zero-order chi connectivity index (χ0) is 19.2. The predicted molar refractivity (Wildman–Crippen MR) is 104 cm³/mol. The van der Waals surface area contributed by atoms with Gasteiger partial charge in [-0.15, -0.1) is 0 Å². The summed E-state index contributed by atoms with van der Waals surface area (Å²) < 4.78 is 0. The van der Waals surface area contributed by atoms with Crippen LogP contribution in [0.3, 0.4) is 0 Å². The van der Waals surface area contributed by atoms with Gasteiger partial charge in [0.05, 0.1) is 11.7 Å². The third-order valence-corrected chi connectivity index (χ3v) is 4.96. The third kappa shape index (κ3) is 4.54. The van der Waals surface area contributed by atoms with Crippen molar-refractivity contribution in [3.8, 4) is 0 Å². The molecule has 1 aliphatic rings. The average molecular weight is 369 g/mol. The Hall–Kier alpha value is -2.67. The summed E-state index contributed by atoms with van der Waals surface area (Å²) in [6, 6.07) is 5.90. The number of urea groups is 1. The van der Waals surface area contributed by atoms with Crippen molar-refractivity contribution in [2.45, 2.75) is 45.6 Å². The molecule has 1 unspecified atom stereocenters. The predicted octanol–water partition coefficient (Wildman–Crippen LogP) is 3.06. The molecule has 2 aromatic heterocycles. The number of fused-ring (bicyclic) bond motifs is 1. The Morgan fingerprint density at radius 3 is 3.00 bits per heavy atom. The maximum absolute atomic E-state index is 11.2. The lowest BCUT2D eigenvalue weighted by atomic mass is 9.90. The van der Waals surface area contributed by atoms with E-state index in [4.69, 9.17) is 10.2 Å². The fourth-order valence-corrected chi connectivity index (χ4v) is 3.80. The lowest BCUT2D eigenvalue weighted by molar-refractivity contribution is 0.161. The smallest absolute Gasteiger partial charge is 0.338 e. The number of amides is 2. The second kappa shape index (κ2) is 8.81. The van der Waals surface area contributed by atoms with E-state index in [0.717, 1.165) is 54.9 Å². The second-order valence-electron chi connectivity index (χ2n) is 7.02. The molecule has 2 heterocycles. The number of aromatic nitrogens is 2. The van der Waals surface area contributed by atoms with Crippen molar-refractivity contribution in [2.24, 2.45) is 0 Å². The molecule has 27 heavy (non-hydrogen) atoms. The highest BCUT2D eigenvalue weighted by Gasteiger charge is 2.28. The lowest BCUT2D eigenvalue weighted by Gasteiger charge is -2.36. The van der Waals surface area contributed by atoms with Gasteiger partial charge in [0.2, 0.25) is 0 Å². The number of hydrogen-bond donors (Lipinski definition) is 3. The van der Waals surface area contributed by atoms with Crippen LogP contribution in [-0.4, -0.2) is 34.3 Å². The molecule has 144 valence electrons. The molecule has 0 bridgehead atoms. The topological polar surface area (TPSA) is 90.4 Å². The molecule has 7 nitrogen and oxygen atoms in total. The van der Waals surface area contributed by atoms with Crippen molar-refractivity contribution in [3.05, 3.63) is 53.0 Å². The van der Waals surface area contributed by atoms with Crippen LogP contribution in [0.2, 0.25) is 0 Å². The van der Waals surface area contributed by atoms with Gasteiger partial charge in [-0.2, -0.15) is 0 Å². The number of carbonyl (C=O) groups excluding carboxylic acids is 1. The molecule has 2 aromatic rings. The van der Waals surface area contributed by atoms with Gasteiger partial charge in [-0.25, -0.2) is 15.3 Å². The molecule has 0 aromatic carbocycles. The molecule has 0 saturated carbocycles. The van der Waals surface area contributed by atoms with E-state index >= 15 is 0 Å². The van der Waals surface area contributed by atoms with Crippen LogP contribution in [0.4, 0.5) is 10.6 Å². The summed E-state index contributed by atoms with van der Waals surface area (Å²) in [5.74, 6) is 0.968. The highest BCUT2D eigenvalue weighted by atomic mass is 16.5. The number of nitrogens with one attached hydrogen (secondary N) is 2. The molecule has 2 amide bonds. The Bertz CT molecular complexity index is 796. The molecule has 0 spiro atoms. The van der Waals surface area contributed by atoms with Gasteiger partial charge >= 0.3 is 6.03 Å². The number of hydrogen-bond acceptors (Lipinski definition) is 5. The Morgan fingerprint density at radius 1 is 1.37 bits per heavy atom. The maximum Gasteiger partial charge on any atom is 0.338 e. The second-order valence-corrected chi connectivity index (χ2v) is 7.02. The zero-order valence-electron chi connectivity index (χ0n) is 15.9. The fraction of sp³-hybridized carbons (Fsp3) is 0.450. The summed E-state index contributed by atoms with van der Waals surface area (Å²) in [4.78, 5) is 22.9. The maximum atomic E-state index is 11.2. The number of anilines is 1. The summed E-state index contributed by atoms with van der Waals surface area (Å²) in [5.41, 5.74) is 6.30. The Balaban J connectivity index is 1.85. The summed E-state index contributed by atoms with van der Waals surface area (Å²) >= 11 is 0. The van der Waals surface area contributed by atoms with Crippen molar-refractivity contribution in [3.63, 3.8) is 0 Å². The first-order valence-electron chi connectivity index (χ1n) is 9.41. The van der Waals surface area contributed by atoms with Crippen LogP contribution in [-0.2, 0) is 6.42 Å². The van der Waals surface area contributed by atoms with Crippen LogP contribution in [0.5, 0.6) is 0 Å². The van der Waals surface area contributed by atoms with Crippen molar-refractivity contribution < 1.29 is 10.0 Å². The first kappa shape index (κ1) is 19.1. The minimum atomic E-state index is -0.587. The van der Waals surface area contributed by atoms with E-state index < -0.39 is 6.03 Å². The van der Waals surface area contributed by atoms with Crippen molar-refractivity contribution in [1.82, 2.24) is 20.8 Å². The first-order chi connectivity index (χ1) is 13.1. The average Bonchev–Trinajstić information content (AvgIpc) is 2.68. The van der Waals surface area contributed by atoms with Crippen molar-refractivity contribution >= 4 is 11.8 Å². The normalized spacial score (nSPS) is 15.7. The van der Waals surface area contributed by atoms with Gasteiger partial charge in [-0.05, 0) is 62.3 Å². The number of aryl methyl sites for hydroxylation is 3. The minimum absolute atomic E-state index is 0.176. The van der Waals surface area contributed by atoms with Gasteiger partial charge < -0.3 is 10.2 Å². The van der Waals surface area contributed by atoms with E-state index in [9.17, 15) is 4.79 Å². The van der Waals surface area contributed by atoms with Crippen LogP contribution in [0, 0.1) is 13.8 Å². The van der Waals surface area contributed by atoms with Gasteiger partial charge in [0.25, 0.3) is 0 Å². The molecule has 0 saturated heterocycles. The lowest BCUT2D eigenvalue weighted by Crippen LogP contribution is -2.38. The number of nitrogens with zero attached hydrogens (tertiary/aromatic N) is 3. The summed E-state index contributed by atoms with van der Waals surface area (Å²) in [6.45, 7) is 5.34. The molecule has 0 aliphatic heterocycles. The van der Waals surface area contributed by atoms with Gasteiger partial charge in [-0.1, -0.05) is 12.1 Å². The van der Waals surface area contributed by atoms with Crippen molar-refractivity contribution in [2.75, 3.05) is 18.0 Å². The van der Waals surface area contributed by atoms with Crippen LogP contribution in [0.1, 0.15) is 47.7 Å². The number of rotatable bonds is 6. The molecule has 1 aliphatic carbocycles. The van der Waals surface area contributed by atoms with Crippen LogP contribution < -0.4 is 15.7 Å². The van der Waals surface area contributed by atoms with E-state index in [1.165, 1.54) is 5.56 Å². The third-order valence-electron chi connectivity index (χ3n) is 4.96. The Morgan fingerprint density at radius 2 is 2.22 bits per heavy atom. The number of carbonyl (C=O) groups is 1. The molecule has 0 fully saturated rings. The molecular formula is C20H27N5O2. The van der Waals surface area contributed by atoms with Crippen molar-refractivity contribution in [1.29, 1.82) is 0 Å². The molecule has 0 radical (unpaired) electrons. The minimum Gasteiger partial charge on any atom is -0.348 e. The summed E-state index contributed by atoms with van der Waals surface area (Å²) in [7, 11) is 0. The van der Waals surface area contributed by atoms with E-state index in [2.05, 4.69) is 34.3 Å². The molecule has 3 N–H and O–H groups in total. The quantitative estimate of drug-likeness (QED) is 0.414. The highest BCUT2D eigenvalue weighted by Crippen LogP contribution is 2.36. The number of pyridine rings is 2. The molecule has 3 rings (SSSR count). The molecule has 1 atom stereocenters. The number of hydroxylamine groups is 1. The van der Waals surface area contributed by atoms with Crippen LogP contribution in [0.25, 0.3) is 0 Å². The largest absolute Gasteiger partial charge is 0.348 e. The Kier molecular flexibility index (Phi) is 6.24.